The van der Waals surface area contributed by atoms with Crippen LogP contribution >= 0.6 is 0 Å². The second kappa shape index (κ2) is 7.84. The summed E-state index contributed by atoms with van der Waals surface area (Å²) in [6.45, 7) is 3.43. The number of rotatable bonds is 8. The molecule has 1 heterocycles. The number of likely N-dealkylation sites (tertiary alicyclic amines) is 1. The van der Waals surface area contributed by atoms with Crippen molar-refractivity contribution in [2.24, 2.45) is 11.8 Å². The molecular formula is C13H22N2O5. The van der Waals surface area contributed by atoms with Gasteiger partial charge in [-0.15, -0.1) is 0 Å². The summed E-state index contributed by atoms with van der Waals surface area (Å²) in [5.41, 5.74) is 0. The van der Waals surface area contributed by atoms with E-state index in [1.807, 2.05) is 0 Å². The molecule has 0 radical (unpaired) electrons. The SMILES string of the molecule is COCCN1CC(C(=O)NCC(C)CC(=O)O)CC1=O. The van der Waals surface area contributed by atoms with Crippen molar-refractivity contribution in [3.8, 4) is 0 Å². The molecule has 0 aromatic heterocycles. The first kappa shape index (κ1) is 16.4. The summed E-state index contributed by atoms with van der Waals surface area (Å²) >= 11 is 0. The van der Waals surface area contributed by atoms with Crippen LogP contribution in [0, 0.1) is 11.8 Å². The average molecular weight is 286 g/mol. The van der Waals surface area contributed by atoms with Crippen molar-refractivity contribution in [1.29, 1.82) is 0 Å². The molecule has 2 unspecified atom stereocenters. The van der Waals surface area contributed by atoms with Crippen LogP contribution < -0.4 is 5.32 Å². The van der Waals surface area contributed by atoms with E-state index in [2.05, 4.69) is 5.32 Å². The quantitative estimate of drug-likeness (QED) is 0.639. The first-order valence-electron chi connectivity index (χ1n) is 6.70. The lowest BCUT2D eigenvalue weighted by Gasteiger charge is -2.16. The number of aliphatic carboxylic acids is 1. The minimum absolute atomic E-state index is 0.0177. The Kier molecular flexibility index (Phi) is 6.44. The number of methoxy groups -OCH3 is 1. The van der Waals surface area contributed by atoms with E-state index in [9.17, 15) is 14.4 Å². The van der Waals surface area contributed by atoms with Crippen LogP contribution in [0.1, 0.15) is 19.8 Å². The standard InChI is InChI=1S/C13H22N2O5/c1-9(5-12(17)18)7-14-13(19)10-6-11(16)15(8-10)3-4-20-2/h9-10H,3-8H2,1-2H3,(H,14,19)(H,17,18). The zero-order chi connectivity index (χ0) is 15.1. The van der Waals surface area contributed by atoms with Gasteiger partial charge in [0.1, 0.15) is 0 Å². The van der Waals surface area contributed by atoms with E-state index in [4.69, 9.17) is 9.84 Å². The van der Waals surface area contributed by atoms with Gasteiger partial charge < -0.3 is 20.1 Å². The second-order valence-electron chi connectivity index (χ2n) is 5.18. The molecule has 114 valence electrons. The van der Waals surface area contributed by atoms with Gasteiger partial charge in [-0.25, -0.2) is 0 Å². The summed E-state index contributed by atoms with van der Waals surface area (Å²) < 4.78 is 4.91. The Morgan fingerprint density at radius 1 is 1.55 bits per heavy atom. The number of nitrogens with zero attached hydrogens (tertiary/aromatic N) is 1. The third-order valence-electron chi connectivity index (χ3n) is 3.30. The third kappa shape index (κ3) is 5.16. The van der Waals surface area contributed by atoms with Crippen LogP contribution in [-0.4, -0.2) is 61.1 Å². The van der Waals surface area contributed by atoms with Crippen LogP contribution in [0.4, 0.5) is 0 Å². The largest absolute Gasteiger partial charge is 0.481 e. The van der Waals surface area contributed by atoms with Gasteiger partial charge in [-0.3, -0.25) is 14.4 Å². The molecule has 7 heteroatoms. The monoisotopic (exact) mass is 286 g/mol. The molecule has 0 bridgehead atoms. The highest BCUT2D eigenvalue weighted by molar-refractivity contribution is 5.89. The molecule has 20 heavy (non-hydrogen) atoms. The maximum atomic E-state index is 11.9. The Bertz CT molecular complexity index is 372. The van der Waals surface area contributed by atoms with Crippen LogP contribution in [0.2, 0.25) is 0 Å². The third-order valence-corrected chi connectivity index (χ3v) is 3.30. The Balaban J connectivity index is 2.34. The van der Waals surface area contributed by atoms with Crippen molar-refractivity contribution in [3.05, 3.63) is 0 Å². The fourth-order valence-electron chi connectivity index (χ4n) is 2.15. The van der Waals surface area contributed by atoms with E-state index in [1.54, 1.807) is 18.9 Å². The molecule has 0 aromatic carbocycles. The number of hydrogen-bond acceptors (Lipinski definition) is 4. The van der Waals surface area contributed by atoms with Crippen molar-refractivity contribution in [2.45, 2.75) is 19.8 Å². The number of ether oxygens (including phenoxy) is 1. The van der Waals surface area contributed by atoms with E-state index in [0.717, 1.165) is 0 Å². The normalized spacial score (nSPS) is 20.0. The lowest BCUT2D eigenvalue weighted by Crippen LogP contribution is -2.36. The van der Waals surface area contributed by atoms with Gasteiger partial charge >= 0.3 is 5.97 Å². The smallest absolute Gasteiger partial charge is 0.303 e. The number of nitrogens with one attached hydrogen (secondary N) is 1. The number of carboxylic acids is 1. The highest BCUT2D eigenvalue weighted by atomic mass is 16.5. The number of carbonyl (C=O) groups excluding carboxylic acids is 2. The highest BCUT2D eigenvalue weighted by Gasteiger charge is 2.33. The van der Waals surface area contributed by atoms with Gasteiger partial charge in [0, 0.05) is 39.6 Å². The van der Waals surface area contributed by atoms with Gasteiger partial charge in [0.05, 0.1) is 12.5 Å². The van der Waals surface area contributed by atoms with E-state index >= 15 is 0 Å². The van der Waals surface area contributed by atoms with E-state index in [0.29, 0.717) is 26.2 Å². The lowest BCUT2D eigenvalue weighted by atomic mass is 10.1. The van der Waals surface area contributed by atoms with Crippen LogP contribution in [0.3, 0.4) is 0 Å². The topological polar surface area (TPSA) is 95.9 Å². The van der Waals surface area contributed by atoms with Crippen LogP contribution in [-0.2, 0) is 19.1 Å². The summed E-state index contributed by atoms with van der Waals surface area (Å²) in [6.07, 6.45) is 0.229. The summed E-state index contributed by atoms with van der Waals surface area (Å²) in [5, 5.41) is 11.4. The minimum atomic E-state index is -0.881. The lowest BCUT2D eigenvalue weighted by molar-refractivity contribution is -0.138. The summed E-state index contributed by atoms with van der Waals surface area (Å²) in [5.74, 6) is -1.58. The first-order valence-corrected chi connectivity index (χ1v) is 6.70. The summed E-state index contributed by atoms with van der Waals surface area (Å²) in [6, 6.07) is 0. The van der Waals surface area contributed by atoms with Gasteiger partial charge in [-0.2, -0.15) is 0 Å². The second-order valence-corrected chi connectivity index (χ2v) is 5.18. The van der Waals surface area contributed by atoms with Crippen molar-refractivity contribution >= 4 is 17.8 Å². The predicted molar refractivity (Wildman–Crippen MR) is 71.0 cm³/mol. The number of hydrogen-bond donors (Lipinski definition) is 2. The molecule has 0 aliphatic carbocycles. The number of carboxylic acid groups (broad SMARTS) is 1. The minimum Gasteiger partial charge on any atom is -0.481 e. The van der Waals surface area contributed by atoms with Crippen LogP contribution in [0.5, 0.6) is 0 Å². The van der Waals surface area contributed by atoms with Crippen molar-refractivity contribution in [2.75, 3.05) is 33.4 Å². The maximum Gasteiger partial charge on any atom is 0.303 e. The van der Waals surface area contributed by atoms with E-state index < -0.39 is 5.97 Å². The highest BCUT2D eigenvalue weighted by Crippen LogP contribution is 2.17. The fourth-order valence-corrected chi connectivity index (χ4v) is 2.15. The van der Waals surface area contributed by atoms with Crippen molar-refractivity contribution in [3.63, 3.8) is 0 Å². The number of carbonyl (C=O) groups is 3. The van der Waals surface area contributed by atoms with Gasteiger partial charge in [0.15, 0.2) is 0 Å². The zero-order valence-electron chi connectivity index (χ0n) is 11.9. The molecule has 1 saturated heterocycles. The Hall–Kier alpha value is -1.63. The Morgan fingerprint density at radius 2 is 2.25 bits per heavy atom. The predicted octanol–water partition coefficient (Wildman–Crippen LogP) is -0.292. The van der Waals surface area contributed by atoms with E-state index in [-0.39, 0.29) is 36.5 Å². The Labute approximate surface area is 118 Å². The molecule has 0 saturated carbocycles. The van der Waals surface area contributed by atoms with Gasteiger partial charge in [-0.05, 0) is 5.92 Å². The first-order chi connectivity index (χ1) is 9.43. The molecule has 1 aliphatic heterocycles. The molecule has 0 spiro atoms. The maximum absolute atomic E-state index is 11.9. The van der Waals surface area contributed by atoms with Crippen LogP contribution in [0.25, 0.3) is 0 Å². The molecule has 2 amide bonds. The molecule has 2 N–H and O–H groups in total. The van der Waals surface area contributed by atoms with Crippen LogP contribution in [0.15, 0.2) is 0 Å². The van der Waals surface area contributed by atoms with Gasteiger partial charge in [-0.1, -0.05) is 6.92 Å². The molecule has 1 aliphatic rings. The number of amides is 2. The molecule has 1 fully saturated rings. The fraction of sp³-hybridized carbons (Fsp3) is 0.769. The molecule has 0 aromatic rings. The molecule has 1 rings (SSSR count). The summed E-state index contributed by atoms with van der Waals surface area (Å²) in [7, 11) is 1.56. The van der Waals surface area contributed by atoms with Crippen molar-refractivity contribution in [1.82, 2.24) is 10.2 Å². The van der Waals surface area contributed by atoms with Gasteiger partial charge in [0.2, 0.25) is 11.8 Å². The average Bonchev–Trinajstić information content (AvgIpc) is 2.74. The van der Waals surface area contributed by atoms with Gasteiger partial charge in [0.25, 0.3) is 0 Å². The zero-order valence-corrected chi connectivity index (χ0v) is 11.9. The summed E-state index contributed by atoms with van der Waals surface area (Å²) in [4.78, 5) is 35.8. The molecular weight excluding hydrogens is 264 g/mol. The Morgan fingerprint density at radius 3 is 2.85 bits per heavy atom. The molecule has 7 nitrogen and oxygen atoms in total. The van der Waals surface area contributed by atoms with Crippen molar-refractivity contribution < 1.29 is 24.2 Å². The molecule has 2 atom stereocenters. The van der Waals surface area contributed by atoms with E-state index in [1.165, 1.54) is 0 Å².